The Balaban J connectivity index is 1.80. The van der Waals surface area contributed by atoms with Crippen LogP contribution in [0.25, 0.3) is 10.9 Å². The molecule has 4 heteroatoms. The molecule has 0 fully saturated rings. The number of aromatic amines is 1. The monoisotopic (exact) mass is 340 g/mol. The number of nitrogens with zero attached hydrogens (tertiary/aromatic N) is 1. The Morgan fingerprint density at radius 3 is 2.62 bits per heavy atom. The fourth-order valence-electron chi connectivity index (χ4n) is 2.91. The summed E-state index contributed by atoms with van der Waals surface area (Å²) in [5, 5.41) is 1.74. The molecule has 3 aromatic rings. The van der Waals surface area contributed by atoms with Crippen molar-refractivity contribution in [2.24, 2.45) is 0 Å². The van der Waals surface area contributed by atoms with E-state index in [4.69, 9.17) is 11.6 Å². The van der Waals surface area contributed by atoms with Crippen LogP contribution in [0.2, 0.25) is 5.02 Å². The summed E-state index contributed by atoms with van der Waals surface area (Å²) >= 11 is 6.02. The summed E-state index contributed by atoms with van der Waals surface area (Å²) in [5.74, 6) is 0.129. The lowest BCUT2D eigenvalue weighted by molar-refractivity contribution is -0.132. The quantitative estimate of drug-likeness (QED) is 0.711. The van der Waals surface area contributed by atoms with Gasteiger partial charge in [0.1, 0.15) is 0 Å². The van der Waals surface area contributed by atoms with Crippen LogP contribution in [0.3, 0.4) is 0 Å². The normalized spacial score (nSPS) is 11.2. The summed E-state index contributed by atoms with van der Waals surface area (Å²) in [5.41, 5.74) is 3.11. The summed E-state index contributed by atoms with van der Waals surface area (Å²) in [6.45, 7) is 4.73. The third-order valence-corrected chi connectivity index (χ3v) is 4.45. The van der Waals surface area contributed by atoms with Gasteiger partial charge in [-0.15, -0.1) is 0 Å². The molecular formula is C20H21ClN2O. The maximum atomic E-state index is 12.9. The lowest BCUT2D eigenvalue weighted by atomic mass is 10.1. The van der Waals surface area contributed by atoms with Crippen molar-refractivity contribution in [3.63, 3.8) is 0 Å². The van der Waals surface area contributed by atoms with Gasteiger partial charge in [0.15, 0.2) is 0 Å². The summed E-state index contributed by atoms with van der Waals surface area (Å²) in [6.07, 6.45) is 2.28. The first-order valence-corrected chi connectivity index (χ1v) is 8.51. The van der Waals surface area contributed by atoms with Crippen LogP contribution in [0, 0.1) is 0 Å². The summed E-state index contributed by atoms with van der Waals surface area (Å²) in [6, 6.07) is 16.0. The zero-order chi connectivity index (χ0) is 17.1. The Morgan fingerprint density at radius 2 is 1.92 bits per heavy atom. The van der Waals surface area contributed by atoms with Crippen molar-refractivity contribution in [1.29, 1.82) is 0 Å². The summed E-state index contributed by atoms with van der Waals surface area (Å²) < 4.78 is 0. The maximum Gasteiger partial charge on any atom is 0.227 e. The molecule has 0 saturated carbocycles. The van der Waals surface area contributed by atoms with Crippen molar-refractivity contribution in [2.45, 2.75) is 32.9 Å². The minimum atomic E-state index is 0.129. The molecule has 1 N–H and O–H groups in total. The Hall–Kier alpha value is -2.26. The molecular weight excluding hydrogens is 320 g/mol. The van der Waals surface area contributed by atoms with Crippen LogP contribution in [-0.4, -0.2) is 21.8 Å². The zero-order valence-electron chi connectivity index (χ0n) is 13.9. The van der Waals surface area contributed by atoms with Crippen LogP contribution in [0.1, 0.15) is 25.0 Å². The topological polar surface area (TPSA) is 36.1 Å². The molecule has 0 aliphatic carbocycles. The number of rotatable bonds is 5. The van der Waals surface area contributed by atoms with E-state index in [2.05, 4.69) is 31.0 Å². The van der Waals surface area contributed by atoms with Crippen LogP contribution < -0.4 is 0 Å². The smallest absolute Gasteiger partial charge is 0.227 e. The fraction of sp³-hybridized carbons (Fsp3) is 0.250. The van der Waals surface area contributed by atoms with E-state index in [1.807, 2.05) is 47.5 Å². The molecule has 1 amide bonds. The van der Waals surface area contributed by atoms with Crippen LogP contribution in [0.5, 0.6) is 0 Å². The fourth-order valence-corrected chi connectivity index (χ4v) is 3.08. The highest BCUT2D eigenvalue weighted by molar-refractivity contribution is 6.31. The number of benzene rings is 2. The van der Waals surface area contributed by atoms with Crippen molar-refractivity contribution >= 4 is 28.4 Å². The minimum absolute atomic E-state index is 0.129. The van der Waals surface area contributed by atoms with Gasteiger partial charge in [-0.1, -0.05) is 48.0 Å². The molecule has 24 heavy (non-hydrogen) atoms. The molecule has 0 spiro atoms. The van der Waals surface area contributed by atoms with E-state index in [0.29, 0.717) is 18.0 Å². The highest BCUT2D eigenvalue weighted by Crippen LogP contribution is 2.23. The predicted molar refractivity (Wildman–Crippen MR) is 99.1 cm³/mol. The number of halogens is 1. The van der Waals surface area contributed by atoms with Gasteiger partial charge in [0.25, 0.3) is 0 Å². The van der Waals surface area contributed by atoms with Crippen molar-refractivity contribution < 1.29 is 4.79 Å². The Morgan fingerprint density at radius 1 is 1.17 bits per heavy atom. The molecule has 0 atom stereocenters. The SMILES string of the molecule is CC(C)N(Cc1ccccc1)C(=O)Cc1c[nH]c2cc(Cl)ccc12. The number of aromatic nitrogens is 1. The van der Waals surface area contributed by atoms with Crippen molar-refractivity contribution in [3.05, 3.63) is 70.9 Å². The molecule has 0 unspecified atom stereocenters. The lowest BCUT2D eigenvalue weighted by Gasteiger charge is -2.27. The largest absolute Gasteiger partial charge is 0.361 e. The van der Waals surface area contributed by atoms with Gasteiger partial charge in [-0.25, -0.2) is 0 Å². The van der Waals surface area contributed by atoms with E-state index in [-0.39, 0.29) is 11.9 Å². The number of fused-ring (bicyclic) bond motifs is 1. The van der Waals surface area contributed by atoms with Crippen molar-refractivity contribution in [2.75, 3.05) is 0 Å². The first kappa shape index (κ1) is 16.6. The Kier molecular flexibility index (Phi) is 4.91. The molecule has 0 radical (unpaired) electrons. The second-order valence-electron chi connectivity index (χ2n) is 6.28. The molecule has 1 aromatic heterocycles. The number of carbonyl (C=O) groups is 1. The third-order valence-electron chi connectivity index (χ3n) is 4.21. The molecule has 0 saturated heterocycles. The van der Waals surface area contributed by atoms with Gasteiger partial charge >= 0.3 is 0 Å². The molecule has 2 aromatic carbocycles. The van der Waals surface area contributed by atoms with E-state index in [1.54, 1.807) is 0 Å². The summed E-state index contributed by atoms with van der Waals surface area (Å²) in [4.78, 5) is 18.0. The van der Waals surface area contributed by atoms with Crippen LogP contribution in [0.4, 0.5) is 0 Å². The van der Waals surface area contributed by atoms with Gasteiger partial charge in [-0.2, -0.15) is 0 Å². The average Bonchev–Trinajstić information content (AvgIpc) is 2.95. The predicted octanol–water partition coefficient (Wildman–Crippen LogP) is 4.80. The standard InChI is InChI=1S/C20H21ClN2O/c1-14(2)23(13-15-6-4-3-5-7-15)20(24)10-16-12-22-19-11-17(21)8-9-18(16)19/h3-9,11-12,14,22H,10,13H2,1-2H3. The van der Waals surface area contributed by atoms with E-state index in [1.165, 1.54) is 0 Å². The van der Waals surface area contributed by atoms with Gasteiger partial charge in [0, 0.05) is 34.7 Å². The van der Waals surface area contributed by atoms with Gasteiger partial charge in [0.05, 0.1) is 6.42 Å². The molecule has 1 heterocycles. The highest BCUT2D eigenvalue weighted by atomic mass is 35.5. The number of carbonyl (C=O) groups excluding carboxylic acids is 1. The third kappa shape index (κ3) is 3.62. The van der Waals surface area contributed by atoms with Crippen LogP contribution in [0.15, 0.2) is 54.7 Å². The average molecular weight is 341 g/mol. The first-order valence-electron chi connectivity index (χ1n) is 8.13. The number of H-pyrrole nitrogens is 1. The number of nitrogens with one attached hydrogen (secondary N) is 1. The summed E-state index contributed by atoms with van der Waals surface area (Å²) in [7, 11) is 0. The van der Waals surface area contributed by atoms with E-state index >= 15 is 0 Å². The van der Waals surface area contributed by atoms with E-state index in [9.17, 15) is 4.79 Å². The van der Waals surface area contributed by atoms with E-state index < -0.39 is 0 Å². The zero-order valence-corrected chi connectivity index (χ0v) is 14.7. The van der Waals surface area contributed by atoms with Gasteiger partial charge in [0.2, 0.25) is 5.91 Å². The van der Waals surface area contributed by atoms with Gasteiger partial charge in [-0.05, 0) is 37.1 Å². The second-order valence-corrected chi connectivity index (χ2v) is 6.72. The molecule has 124 valence electrons. The molecule has 0 aliphatic heterocycles. The number of hydrogen-bond acceptors (Lipinski definition) is 1. The molecule has 0 aliphatic rings. The van der Waals surface area contributed by atoms with Crippen LogP contribution in [-0.2, 0) is 17.8 Å². The van der Waals surface area contributed by atoms with Crippen LogP contribution >= 0.6 is 11.6 Å². The molecule has 3 nitrogen and oxygen atoms in total. The van der Waals surface area contributed by atoms with Crippen molar-refractivity contribution in [3.8, 4) is 0 Å². The van der Waals surface area contributed by atoms with Gasteiger partial charge < -0.3 is 9.88 Å². The number of hydrogen-bond donors (Lipinski definition) is 1. The maximum absolute atomic E-state index is 12.9. The van der Waals surface area contributed by atoms with Gasteiger partial charge in [-0.3, -0.25) is 4.79 Å². The second kappa shape index (κ2) is 7.10. The lowest BCUT2D eigenvalue weighted by Crippen LogP contribution is -2.37. The van der Waals surface area contributed by atoms with Crippen molar-refractivity contribution in [1.82, 2.24) is 9.88 Å². The Bertz CT molecular complexity index is 839. The molecule has 0 bridgehead atoms. The minimum Gasteiger partial charge on any atom is -0.361 e. The molecule has 3 rings (SSSR count). The van der Waals surface area contributed by atoms with E-state index in [0.717, 1.165) is 22.0 Å². The number of amides is 1. The Labute approximate surface area is 147 Å². The first-order chi connectivity index (χ1) is 11.5. The highest BCUT2D eigenvalue weighted by Gasteiger charge is 2.19.